The van der Waals surface area contributed by atoms with Crippen LogP contribution in [-0.2, 0) is 4.79 Å². The van der Waals surface area contributed by atoms with E-state index in [0.29, 0.717) is 24.8 Å². The molecule has 1 aliphatic rings. The summed E-state index contributed by atoms with van der Waals surface area (Å²) in [6, 6.07) is 7.33. The number of carbonyl (C=O) groups is 2. The maximum absolute atomic E-state index is 12.1. The van der Waals surface area contributed by atoms with Crippen molar-refractivity contribution in [3.05, 3.63) is 34.3 Å². The molecular formula is C14H15BrO3. The Labute approximate surface area is 114 Å². The number of Topliss-reactive ketones (excluding diaryl/α,β-unsaturated/α-hetero) is 1. The molecule has 2 atom stereocenters. The van der Waals surface area contributed by atoms with Crippen molar-refractivity contribution >= 4 is 27.7 Å². The number of ketones is 1. The summed E-state index contributed by atoms with van der Waals surface area (Å²) in [6.07, 6.45) is 2.64. The lowest BCUT2D eigenvalue weighted by atomic mass is 9.96. The molecule has 1 saturated carbocycles. The normalized spacial score (nSPS) is 22.9. The van der Waals surface area contributed by atoms with Crippen molar-refractivity contribution in [2.75, 3.05) is 0 Å². The predicted molar refractivity (Wildman–Crippen MR) is 71.6 cm³/mol. The predicted octanol–water partition coefficient (Wildman–Crippen LogP) is 3.52. The Morgan fingerprint density at radius 3 is 2.72 bits per heavy atom. The molecule has 3 nitrogen and oxygen atoms in total. The average Bonchev–Trinajstić information content (AvgIpc) is 2.77. The molecule has 0 amide bonds. The minimum atomic E-state index is -0.729. The second-order valence-corrected chi connectivity index (χ2v) is 5.77. The van der Waals surface area contributed by atoms with Crippen LogP contribution in [0.1, 0.15) is 36.0 Å². The molecule has 1 aliphatic carbocycles. The van der Waals surface area contributed by atoms with Crippen LogP contribution >= 0.6 is 15.9 Å². The third-order valence-electron chi connectivity index (χ3n) is 3.51. The van der Waals surface area contributed by atoms with Crippen LogP contribution < -0.4 is 0 Å². The summed E-state index contributed by atoms with van der Waals surface area (Å²) in [6.45, 7) is 0. The number of rotatable bonds is 4. The average molecular weight is 311 g/mol. The lowest BCUT2D eigenvalue weighted by molar-refractivity contribution is -0.141. The molecule has 4 heteroatoms. The number of hydrogen-bond donors (Lipinski definition) is 1. The highest BCUT2D eigenvalue weighted by Gasteiger charge is 2.30. The van der Waals surface area contributed by atoms with Crippen LogP contribution in [0.2, 0.25) is 0 Å². The summed E-state index contributed by atoms with van der Waals surface area (Å²) in [4.78, 5) is 22.9. The summed E-state index contributed by atoms with van der Waals surface area (Å²) in [5.74, 6) is -0.664. The van der Waals surface area contributed by atoms with Gasteiger partial charge in [0.25, 0.3) is 0 Å². The van der Waals surface area contributed by atoms with Crippen molar-refractivity contribution in [2.45, 2.75) is 25.7 Å². The highest BCUT2D eigenvalue weighted by atomic mass is 79.9. The largest absolute Gasteiger partial charge is 0.481 e. The molecule has 0 saturated heterocycles. The smallest absolute Gasteiger partial charge is 0.306 e. The molecule has 0 spiro atoms. The number of aliphatic carboxylic acids is 1. The van der Waals surface area contributed by atoms with Crippen molar-refractivity contribution < 1.29 is 14.7 Å². The molecule has 1 fully saturated rings. The first kappa shape index (κ1) is 13.3. The SMILES string of the molecule is O=C(C[C@@H]1CC[C@H](C(=O)O)C1)c1cccc(Br)c1. The van der Waals surface area contributed by atoms with Gasteiger partial charge in [0.2, 0.25) is 0 Å². The Morgan fingerprint density at radius 2 is 2.11 bits per heavy atom. The van der Waals surface area contributed by atoms with E-state index in [-0.39, 0.29) is 17.6 Å². The van der Waals surface area contributed by atoms with Gasteiger partial charge in [-0.3, -0.25) is 9.59 Å². The van der Waals surface area contributed by atoms with Crippen LogP contribution in [-0.4, -0.2) is 16.9 Å². The quantitative estimate of drug-likeness (QED) is 0.866. The van der Waals surface area contributed by atoms with Crippen molar-refractivity contribution in [2.24, 2.45) is 11.8 Å². The van der Waals surface area contributed by atoms with Gasteiger partial charge in [0.05, 0.1) is 5.92 Å². The Hall–Kier alpha value is -1.16. The van der Waals surface area contributed by atoms with Crippen molar-refractivity contribution in [1.82, 2.24) is 0 Å². The fourth-order valence-corrected chi connectivity index (χ4v) is 2.93. The number of halogens is 1. The molecule has 96 valence electrons. The summed E-state index contributed by atoms with van der Waals surface area (Å²) in [7, 11) is 0. The van der Waals surface area contributed by atoms with Crippen molar-refractivity contribution in [3.63, 3.8) is 0 Å². The molecule has 18 heavy (non-hydrogen) atoms. The Balaban J connectivity index is 1.95. The highest BCUT2D eigenvalue weighted by molar-refractivity contribution is 9.10. The zero-order valence-corrected chi connectivity index (χ0v) is 11.5. The summed E-state index contributed by atoms with van der Waals surface area (Å²) in [5.41, 5.74) is 0.697. The molecule has 0 bridgehead atoms. The van der Waals surface area contributed by atoms with Gasteiger partial charge in [-0.1, -0.05) is 28.1 Å². The van der Waals surface area contributed by atoms with E-state index in [2.05, 4.69) is 15.9 Å². The molecular weight excluding hydrogens is 296 g/mol. The zero-order chi connectivity index (χ0) is 13.1. The third-order valence-corrected chi connectivity index (χ3v) is 4.00. The number of carbonyl (C=O) groups excluding carboxylic acids is 1. The van der Waals surface area contributed by atoms with Crippen molar-refractivity contribution in [1.29, 1.82) is 0 Å². The van der Waals surface area contributed by atoms with E-state index < -0.39 is 5.97 Å². The molecule has 1 N–H and O–H groups in total. The van der Waals surface area contributed by atoms with Crippen LogP contribution in [0.3, 0.4) is 0 Å². The molecule has 0 radical (unpaired) electrons. The maximum Gasteiger partial charge on any atom is 0.306 e. The Kier molecular flexibility index (Phi) is 4.17. The Morgan fingerprint density at radius 1 is 1.33 bits per heavy atom. The highest BCUT2D eigenvalue weighted by Crippen LogP contribution is 2.34. The Bertz CT molecular complexity index is 470. The molecule has 0 unspecified atom stereocenters. The van der Waals surface area contributed by atoms with Crippen LogP contribution in [0.25, 0.3) is 0 Å². The standard InChI is InChI=1S/C14H15BrO3/c15-12-3-1-2-10(8-12)13(16)7-9-4-5-11(6-9)14(17)18/h1-3,8-9,11H,4-7H2,(H,17,18)/t9-,11+/m1/s1. The van der Waals surface area contributed by atoms with Gasteiger partial charge in [-0.15, -0.1) is 0 Å². The van der Waals surface area contributed by atoms with Crippen LogP contribution in [0.4, 0.5) is 0 Å². The van der Waals surface area contributed by atoms with E-state index in [1.807, 2.05) is 18.2 Å². The fraction of sp³-hybridized carbons (Fsp3) is 0.429. The maximum atomic E-state index is 12.1. The molecule has 1 aromatic rings. The molecule has 0 aromatic heterocycles. The monoisotopic (exact) mass is 310 g/mol. The van der Waals surface area contributed by atoms with Crippen LogP contribution in [0.5, 0.6) is 0 Å². The van der Waals surface area contributed by atoms with E-state index in [0.717, 1.165) is 10.9 Å². The molecule has 2 rings (SSSR count). The van der Waals surface area contributed by atoms with Crippen LogP contribution in [0.15, 0.2) is 28.7 Å². The zero-order valence-electron chi connectivity index (χ0n) is 9.93. The van der Waals surface area contributed by atoms with Crippen LogP contribution in [0, 0.1) is 11.8 Å². The van der Waals surface area contributed by atoms with E-state index in [4.69, 9.17) is 5.11 Å². The van der Waals surface area contributed by atoms with E-state index in [1.54, 1.807) is 6.07 Å². The van der Waals surface area contributed by atoms with Gasteiger partial charge in [0, 0.05) is 16.5 Å². The second-order valence-electron chi connectivity index (χ2n) is 4.85. The number of hydrogen-bond acceptors (Lipinski definition) is 2. The molecule has 0 heterocycles. The van der Waals surface area contributed by atoms with Gasteiger partial charge < -0.3 is 5.11 Å². The summed E-state index contributed by atoms with van der Waals surface area (Å²) in [5, 5.41) is 8.93. The minimum Gasteiger partial charge on any atom is -0.481 e. The number of carboxylic acid groups (broad SMARTS) is 1. The lowest BCUT2D eigenvalue weighted by Crippen LogP contribution is -2.11. The minimum absolute atomic E-state index is 0.104. The van der Waals surface area contributed by atoms with E-state index >= 15 is 0 Å². The van der Waals surface area contributed by atoms with Gasteiger partial charge in [-0.05, 0) is 37.3 Å². The first-order valence-electron chi connectivity index (χ1n) is 6.08. The fourth-order valence-electron chi connectivity index (χ4n) is 2.53. The van der Waals surface area contributed by atoms with Gasteiger partial charge in [-0.2, -0.15) is 0 Å². The lowest BCUT2D eigenvalue weighted by Gasteiger charge is -2.08. The first-order valence-corrected chi connectivity index (χ1v) is 6.87. The molecule has 1 aromatic carbocycles. The topological polar surface area (TPSA) is 54.4 Å². The molecule has 0 aliphatic heterocycles. The summed E-state index contributed by atoms with van der Waals surface area (Å²) < 4.78 is 0.892. The van der Waals surface area contributed by atoms with Gasteiger partial charge in [0.1, 0.15) is 0 Å². The first-order chi connectivity index (χ1) is 8.56. The van der Waals surface area contributed by atoms with Gasteiger partial charge in [0.15, 0.2) is 5.78 Å². The number of benzene rings is 1. The second kappa shape index (κ2) is 5.65. The summed E-state index contributed by atoms with van der Waals surface area (Å²) >= 11 is 3.34. The van der Waals surface area contributed by atoms with E-state index in [1.165, 1.54) is 0 Å². The third kappa shape index (κ3) is 3.19. The number of carboxylic acids is 1. The van der Waals surface area contributed by atoms with Crippen molar-refractivity contribution in [3.8, 4) is 0 Å². The van der Waals surface area contributed by atoms with Gasteiger partial charge >= 0.3 is 5.97 Å². The van der Waals surface area contributed by atoms with Gasteiger partial charge in [-0.25, -0.2) is 0 Å². The van der Waals surface area contributed by atoms with E-state index in [9.17, 15) is 9.59 Å².